The Kier molecular flexibility index (Phi) is 7.93. The van der Waals surface area contributed by atoms with Gasteiger partial charge in [0, 0.05) is 0 Å². The topological polar surface area (TPSA) is 21.3 Å². The van der Waals surface area contributed by atoms with Gasteiger partial charge in [-0.1, -0.05) is 25.1 Å². The van der Waals surface area contributed by atoms with Gasteiger partial charge in [-0.15, -0.1) is 0 Å². The van der Waals surface area contributed by atoms with Gasteiger partial charge in [-0.3, -0.25) is 0 Å². The van der Waals surface area contributed by atoms with Gasteiger partial charge in [-0.25, -0.2) is 0 Å². The van der Waals surface area contributed by atoms with E-state index >= 15 is 0 Å². The largest absolute Gasteiger partial charge is 0.496 e. The fourth-order valence-electron chi connectivity index (χ4n) is 1.70. The summed E-state index contributed by atoms with van der Waals surface area (Å²) in [5.41, 5.74) is 1.28. The second-order valence-electron chi connectivity index (χ2n) is 3.86. The lowest BCUT2D eigenvalue weighted by Gasteiger charge is -2.08. The normalized spacial score (nSPS) is 10.5. The van der Waals surface area contributed by atoms with Crippen molar-refractivity contribution in [3.63, 3.8) is 0 Å². The highest BCUT2D eigenvalue weighted by Crippen LogP contribution is 2.17. The maximum Gasteiger partial charge on any atom is 0.122 e. The quantitative estimate of drug-likeness (QED) is 0.684. The zero-order valence-corrected chi connectivity index (χ0v) is 11.7. The third-order valence-corrected chi connectivity index (χ3v) is 3.60. The zero-order chi connectivity index (χ0) is 12.3. The minimum atomic E-state index is 0.996. The number of rotatable bonds is 9. The number of ether oxygens (including phenoxy) is 1. The van der Waals surface area contributed by atoms with Crippen molar-refractivity contribution in [2.75, 3.05) is 31.7 Å². The Hall–Kier alpha value is -0.670. The molecule has 96 valence electrons. The monoisotopic (exact) mass is 253 g/mol. The summed E-state index contributed by atoms with van der Waals surface area (Å²) < 4.78 is 5.32. The molecule has 0 fully saturated rings. The van der Waals surface area contributed by atoms with Crippen LogP contribution in [0.3, 0.4) is 0 Å². The van der Waals surface area contributed by atoms with Crippen LogP contribution in [0.5, 0.6) is 5.75 Å². The molecule has 17 heavy (non-hydrogen) atoms. The van der Waals surface area contributed by atoms with E-state index in [2.05, 4.69) is 24.4 Å². The lowest BCUT2D eigenvalue weighted by atomic mass is 10.1. The standard InChI is InChI=1S/C14H23NOS/c1-3-17-12-6-10-15-11-9-13-7-4-5-8-14(13)16-2/h4-5,7-8,15H,3,6,9-12H2,1-2H3. The van der Waals surface area contributed by atoms with Crippen molar-refractivity contribution >= 4 is 11.8 Å². The van der Waals surface area contributed by atoms with E-state index in [-0.39, 0.29) is 0 Å². The fraction of sp³-hybridized carbons (Fsp3) is 0.571. The molecule has 0 aliphatic rings. The number of nitrogens with one attached hydrogen (secondary N) is 1. The molecule has 0 bridgehead atoms. The van der Waals surface area contributed by atoms with Crippen LogP contribution in [-0.2, 0) is 6.42 Å². The van der Waals surface area contributed by atoms with Crippen molar-refractivity contribution in [2.24, 2.45) is 0 Å². The van der Waals surface area contributed by atoms with Crippen LogP contribution in [0.15, 0.2) is 24.3 Å². The third-order valence-electron chi connectivity index (χ3n) is 2.61. The first kappa shape index (κ1) is 14.4. The molecular formula is C14H23NOS. The molecule has 0 aliphatic heterocycles. The van der Waals surface area contributed by atoms with E-state index in [0.717, 1.165) is 25.3 Å². The highest BCUT2D eigenvalue weighted by Gasteiger charge is 2.00. The van der Waals surface area contributed by atoms with E-state index in [1.165, 1.54) is 23.5 Å². The number of hydrogen-bond acceptors (Lipinski definition) is 3. The first-order chi connectivity index (χ1) is 8.38. The summed E-state index contributed by atoms with van der Waals surface area (Å²) in [5.74, 6) is 3.48. The van der Waals surface area contributed by atoms with E-state index in [0.29, 0.717) is 0 Å². The van der Waals surface area contributed by atoms with Crippen molar-refractivity contribution < 1.29 is 4.74 Å². The van der Waals surface area contributed by atoms with Gasteiger partial charge in [0.05, 0.1) is 7.11 Å². The van der Waals surface area contributed by atoms with E-state index in [1.807, 2.05) is 23.9 Å². The van der Waals surface area contributed by atoms with Crippen LogP contribution in [0.1, 0.15) is 18.9 Å². The summed E-state index contributed by atoms with van der Waals surface area (Å²) in [6, 6.07) is 8.23. The Morgan fingerprint density at radius 1 is 1.24 bits per heavy atom. The smallest absolute Gasteiger partial charge is 0.122 e. The lowest BCUT2D eigenvalue weighted by molar-refractivity contribution is 0.409. The second-order valence-corrected chi connectivity index (χ2v) is 5.26. The highest BCUT2D eigenvalue weighted by atomic mass is 32.2. The van der Waals surface area contributed by atoms with Crippen molar-refractivity contribution in [1.29, 1.82) is 0 Å². The molecule has 0 saturated carbocycles. The predicted octanol–water partition coefficient (Wildman–Crippen LogP) is 2.97. The van der Waals surface area contributed by atoms with Crippen molar-refractivity contribution in [2.45, 2.75) is 19.8 Å². The number of thioether (sulfide) groups is 1. The van der Waals surface area contributed by atoms with Crippen LogP contribution in [0, 0.1) is 0 Å². The fourth-order valence-corrected chi connectivity index (χ4v) is 2.34. The summed E-state index contributed by atoms with van der Waals surface area (Å²) >= 11 is 2.01. The molecule has 0 saturated heterocycles. The molecule has 0 spiro atoms. The van der Waals surface area contributed by atoms with Gasteiger partial charge in [-0.2, -0.15) is 11.8 Å². The lowest BCUT2D eigenvalue weighted by Crippen LogP contribution is -2.19. The average Bonchev–Trinajstić information content (AvgIpc) is 2.38. The van der Waals surface area contributed by atoms with Crippen LogP contribution in [-0.4, -0.2) is 31.7 Å². The summed E-state index contributed by atoms with van der Waals surface area (Å²) in [6.45, 7) is 4.35. The van der Waals surface area contributed by atoms with Gasteiger partial charge in [0.25, 0.3) is 0 Å². The third kappa shape index (κ3) is 5.99. The van der Waals surface area contributed by atoms with Crippen molar-refractivity contribution in [3.8, 4) is 5.75 Å². The first-order valence-electron chi connectivity index (χ1n) is 6.28. The number of para-hydroxylation sites is 1. The molecule has 2 nitrogen and oxygen atoms in total. The summed E-state index contributed by atoms with van der Waals surface area (Å²) in [7, 11) is 1.73. The van der Waals surface area contributed by atoms with Gasteiger partial charge in [0.2, 0.25) is 0 Å². The Morgan fingerprint density at radius 2 is 2.06 bits per heavy atom. The second kappa shape index (κ2) is 9.37. The highest BCUT2D eigenvalue weighted by molar-refractivity contribution is 7.99. The number of methoxy groups -OCH3 is 1. The summed E-state index contributed by atoms with van der Waals surface area (Å²) in [6.07, 6.45) is 2.29. The maximum atomic E-state index is 5.32. The van der Waals surface area contributed by atoms with Gasteiger partial charge < -0.3 is 10.1 Å². The van der Waals surface area contributed by atoms with E-state index in [9.17, 15) is 0 Å². The Morgan fingerprint density at radius 3 is 2.82 bits per heavy atom. The molecule has 0 aliphatic carbocycles. The summed E-state index contributed by atoms with van der Waals surface area (Å²) in [5, 5.41) is 3.48. The number of hydrogen-bond donors (Lipinski definition) is 1. The minimum absolute atomic E-state index is 0.996. The van der Waals surface area contributed by atoms with E-state index in [4.69, 9.17) is 4.74 Å². The van der Waals surface area contributed by atoms with Crippen molar-refractivity contribution in [3.05, 3.63) is 29.8 Å². The predicted molar refractivity (Wildman–Crippen MR) is 77.2 cm³/mol. The van der Waals surface area contributed by atoms with E-state index < -0.39 is 0 Å². The molecule has 0 heterocycles. The Bertz CT molecular complexity index is 304. The molecule has 0 amide bonds. The SMILES string of the molecule is CCSCCCNCCc1ccccc1OC. The molecule has 1 rings (SSSR count). The summed E-state index contributed by atoms with van der Waals surface area (Å²) in [4.78, 5) is 0. The first-order valence-corrected chi connectivity index (χ1v) is 7.44. The Balaban J connectivity index is 2.13. The molecule has 0 radical (unpaired) electrons. The van der Waals surface area contributed by atoms with Crippen molar-refractivity contribution in [1.82, 2.24) is 5.32 Å². The van der Waals surface area contributed by atoms with Crippen LogP contribution < -0.4 is 10.1 Å². The molecular weight excluding hydrogens is 230 g/mol. The molecule has 3 heteroatoms. The molecule has 1 aromatic rings. The molecule has 0 atom stereocenters. The molecule has 1 N–H and O–H groups in total. The average molecular weight is 253 g/mol. The molecule has 0 unspecified atom stereocenters. The minimum Gasteiger partial charge on any atom is -0.496 e. The van der Waals surface area contributed by atoms with Crippen LogP contribution in [0.4, 0.5) is 0 Å². The maximum absolute atomic E-state index is 5.32. The van der Waals surface area contributed by atoms with Gasteiger partial charge in [0.1, 0.15) is 5.75 Å². The van der Waals surface area contributed by atoms with Gasteiger partial charge in [0.15, 0.2) is 0 Å². The van der Waals surface area contributed by atoms with Crippen LogP contribution >= 0.6 is 11.8 Å². The van der Waals surface area contributed by atoms with Crippen LogP contribution in [0.25, 0.3) is 0 Å². The zero-order valence-electron chi connectivity index (χ0n) is 10.9. The van der Waals surface area contributed by atoms with Gasteiger partial charge in [-0.05, 0) is 49.1 Å². The Labute approximate surface area is 109 Å². The molecule has 0 aromatic heterocycles. The number of benzene rings is 1. The van der Waals surface area contributed by atoms with Crippen LogP contribution in [0.2, 0.25) is 0 Å². The van der Waals surface area contributed by atoms with Gasteiger partial charge >= 0.3 is 0 Å². The molecule has 1 aromatic carbocycles. The van der Waals surface area contributed by atoms with E-state index in [1.54, 1.807) is 7.11 Å².